The van der Waals surface area contributed by atoms with E-state index in [1.807, 2.05) is 32.6 Å². The summed E-state index contributed by atoms with van der Waals surface area (Å²) in [5.41, 5.74) is -0.796. The SMILES string of the molecule is C[C@@H]1C[C@@H](O)CN1C(=O)[C@@H](NC(=O)COCCOCCOCCOCCOCC(=O)N1CCN(c2ccn3ncc(C(=O)Nc4cn(C)nc4C(F)F)c3n2)CC1)C(C)(C)C. The van der Waals surface area contributed by atoms with E-state index in [9.17, 15) is 33.1 Å². The molecule has 0 saturated carbocycles. The number of anilines is 2. The van der Waals surface area contributed by atoms with Gasteiger partial charge in [0.2, 0.25) is 17.7 Å². The maximum absolute atomic E-state index is 13.4. The fourth-order valence-corrected chi connectivity index (χ4v) is 6.85. The predicted octanol–water partition coefficient (Wildman–Crippen LogP) is 0.897. The Morgan fingerprint density at radius 3 is 2.10 bits per heavy atom. The molecule has 3 atom stereocenters. The number of fused-ring (bicyclic) bond motifs is 1. The zero-order valence-corrected chi connectivity index (χ0v) is 35.4. The van der Waals surface area contributed by atoms with Crippen LogP contribution in [-0.4, -0.2) is 180 Å². The maximum Gasteiger partial charge on any atom is 0.284 e. The van der Waals surface area contributed by atoms with Gasteiger partial charge in [-0.3, -0.25) is 23.9 Å². The smallest absolute Gasteiger partial charge is 0.284 e. The number of aromatic nitrogens is 5. The molecule has 22 heteroatoms. The summed E-state index contributed by atoms with van der Waals surface area (Å²) in [7, 11) is 1.48. The van der Waals surface area contributed by atoms with Gasteiger partial charge in [0.25, 0.3) is 12.3 Å². The molecule has 20 nitrogen and oxygen atoms in total. The van der Waals surface area contributed by atoms with E-state index in [0.717, 1.165) is 0 Å². The number of nitrogens with one attached hydrogen (secondary N) is 2. The van der Waals surface area contributed by atoms with Gasteiger partial charge >= 0.3 is 0 Å². The van der Waals surface area contributed by atoms with Crippen molar-refractivity contribution in [3.8, 4) is 0 Å². The fourth-order valence-electron chi connectivity index (χ4n) is 6.85. The van der Waals surface area contributed by atoms with Crippen molar-refractivity contribution >= 4 is 40.8 Å². The minimum Gasteiger partial charge on any atom is -0.391 e. The molecule has 2 saturated heterocycles. The van der Waals surface area contributed by atoms with E-state index in [1.54, 1.807) is 22.1 Å². The first-order chi connectivity index (χ1) is 29.1. The van der Waals surface area contributed by atoms with E-state index >= 15 is 0 Å². The van der Waals surface area contributed by atoms with Gasteiger partial charge in [-0.15, -0.1) is 0 Å². The van der Waals surface area contributed by atoms with Gasteiger partial charge in [0, 0.05) is 58.2 Å². The minimum atomic E-state index is -2.86. The Hall–Kier alpha value is -4.87. The van der Waals surface area contributed by atoms with Crippen molar-refractivity contribution < 1.29 is 56.7 Å². The number of aryl methyl sites for hydroxylation is 1. The zero-order valence-electron chi connectivity index (χ0n) is 35.4. The highest BCUT2D eigenvalue weighted by atomic mass is 19.3. The van der Waals surface area contributed by atoms with E-state index in [0.29, 0.717) is 64.8 Å². The van der Waals surface area contributed by atoms with Crippen molar-refractivity contribution in [2.45, 2.75) is 58.7 Å². The molecule has 338 valence electrons. The van der Waals surface area contributed by atoms with E-state index < -0.39 is 41.5 Å². The van der Waals surface area contributed by atoms with Crippen molar-refractivity contribution in [3.05, 3.63) is 35.9 Å². The van der Waals surface area contributed by atoms with E-state index in [4.69, 9.17) is 23.7 Å². The fraction of sp³-hybridized carbons (Fsp3) is 0.667. The first-order valence-electron chi connectivity index (χ1n) is 20.3. The monoisotopic (exact) mass is 864 g/mol. The first-order valence-corrected chi connectivity index (χ1v) is 20.3. The third kappa shape index (κ3) is 13.6. The molecule has 3 N–H and O–H groups in total. The number of hydrogen-bond acceptors (Lipinski definition) is 14. The van der Waals surface area contributed by atoms with Crippen LogP contribution in [0.1, 0.15) is 56.6 Å². The summed E-state index contributed by atoms with van der Waals surface area (Å²) in [6.07, 6.45) is 1.37. The summed E-state index contributed by atoms with van der Waals surface area (Å²) in [6.45, 7) is 11.7. The lowest BCUT2D eigenvalue weighted by Crippen LogP contribution is -2.56. The Kier molecular flexibility index (Phi) is 17.2. The molecular weight excluding hydrogens is 806 g/mol. The molecule has 3 aromatic heterocycles. The molecule has 0 aliphatic carbocycles. The lowest BCUT2D eigenvalue weighted by molar-refractivity contribution is -0.141. The Morgan fingerprint density at radius 2 is 1.52 bits per heavy atom. The number of nitrogens with zero attached hydrogens (tertiary/aromatic N) is 8. The van der Waals surface area contributed by atoms with Crippen LogP contribution in [0.5, 0.6) is 0 Å². The molecule has 0 bridgehead atoms. The maximum atomic E-state index is 13.4. The van der Waals surface area contributed by atoms with E-state index in [2.05, 4.69) is 25.8 Å². The number of halogens is 2. The molecular formula is C39H58F2N10O10. The number of amides is 4. The van der Waals surface area contributed by atoms with Gasteiger partial charge in [-0.2, -0.15) is 10.2 Å². The highest BCUT2D eigenvalue weighted by molar-refractivity contribution is 6.08. The second-order valence-corrected chi connectivity index (χ2v) is 15.9. The van der Waals surface area contributed by atoms with Crippen LogP contribution in [-0.2, 0) is 45.1 Å². The van der Waals surface area contributed by atoms with Gasteiger partial charge in [0.15, 0.2) is 11.3 Å². The van der Waals surface area contributed by atoms with Crippen molar-refractivity contribution in [1.29, 1.82) is 0 Å². The number of hydrogen-bond donors (Lipinski definition) is 3. The molecule has 3 aromatic rings. The molecule has 61 heavy (non-hydrogen) atoms. The number of likely N-dealkylation sites (tertiary alicyclic amines) is 1. The largest absolute Gasteiger partial charge is 0.391 e. The molecule has 2 fully saturated rings. The quantitative estimate of drug-likeness (QED) is 0.120. The van der Waals surface area contributed by atoms with Gasteiger partial charge in [-0.05, 0) is 24.8 Å². The second kappa shape index (κ2) is 22.3. The van der Waals surface area contributed by atoms with Crippen molar-refractivity contribution in [1.82, 2.24) is 39.5 Å². The van der Waals surface area contributed by atoms with Gasteiger partial charge in [-0.25, -0.2) is 18.3 Å². The Labute approximate surface area is 352 Å². The number of aliphatic hydroxyl groups is 1. The molecule has 4 amide bonds. The lowest BCUT2D eigenvalue weighted by atomic mass is 9.85. The normalized spacial score (nSPS) is 17.7. The number of ether oxygens (including phenoxy) is 5. The predicted molar refractivity (Wildman–Crippen MR) is 215 cm³/mol. The summed E-state index contributed by atoms with van der Waals surface area (Å²) in [5, 5.41) is 23.1. The van der Waals surface area contributed by atoms with Gasteiger partial charge in [0.05, 0.1) is 70.8 Å². The van der Waals surface area contributed by atoms with Crippen LogP contribution in [0.15, 0.2) is 24.7 Å². The van der Waals surface area contributed by atoms with E-state index in [1.165, 1.54) is 28.6 Å². The van der Waals surface area contributed by atoms with Gasteiger partial charge < -0.3 is 54.1 Å². The van der Waals surface area contributed by atoms with Crippen molar-refractivity contribution in [3.63, 3.8) is 0 Å². The molecule has 5 heterocycles. The summed E-state index contributed by atoms with van der Waals surface area (Å²) in [5.74, 6) is -0.838. The van der Waals surface area contributed by atoms with Crippen LogP contribution >= 0.6 is 0 Å². The molecule has 2 aliphatic heterocycles. The minimum absolute atomic E-state index is 0.0880. The van der Waals surface area contributed by atoms with Crippen LogP contribution in [0.25, 0.3) is 5.65 Å². The van der Waals surface area contributed by atoms with Gasteiger partial charge in [-0.1, -0.05) is 20.8 Å². The average Bonchev–Trinajstić information content (AvgIpc) is 3.92. The zero-order chi connectivity index (χ0) is 44.1. The summed E-state index contributed by atoms with van der Waals surface area (Å²) >= 11 is 0. The Bertz CT molecular complexity index is 1920. The number of β-amino-alcohol motifs (C(OH)–C–C–N with tert-alkyl or cyclic N) is 1. The summed E-state index contributed by atoms with van der Waals surface area (Å²) in [6, 6.07) is 0.903. The molecule has 0 unspecified atom stereocenters. The average molecular weight is 865 g/mol. The number of carbonyl (C=O) groups excluding carboxylic acids is 4. The third-order valence-electron chi connectivity index (χ3n) is 10.1. The molecule has 2 aliphatic rings. The van der Waals surface area contributed by atoms with E-state index in [-0.39, 0.29) is 80.9 Å². The number of aliphatic hydroxyl groups excluding tert-OH is 1. The Morgan fingerprint density at radius 1 is 0.918 bits per heavy atom. The van der Waals surface area contributed by atoms with Crippen molar-refractivity contribution in [2.75, 3.05) is 109 Å². The number of alkyl halides is 2. The first kappa shape index (κ1) is 47.2. The molecule has 0 radical (unpaired) electrons. The van der Waals surface area contributed by atoms with Crippen LogP contribution in [0, 0.1) is 5.41 Å². The van der Waals surface area contributed by atoms with Gasteiger partial charge in [0.1, 0.15) is 30.6 Å². The number of piperazine rings is 1. The number of rotatable bonds is 22. The van der Waals surface area contributed by atoms with Crippen LogP contribution in [0.4, 0.5) is 20.3 Å². The van der Waals surface area contributed by atoms with Crippen LogP contribution in [0.3, 0.4) is 0 Å². The molecule has 5 rings (SSSR count). The summed E-state index contributed by atoms with van der Waals surface area (Å²) in [4.78, 5) is 61.4. The van der Waals surface area contributed by atoms with Crippen LogP contribution in [0.2, 0.25) is 0 Å². The highest BCUT2D eigenvalue weighted by Crippen LogP contribution is 2.27. The second-order valence-electron chi connectivity index (χ2n) is 15.9. The lowest BCUT2D eigenvalue weighted by Gasteiger charge is -2.35. The standard InChI is InChI=1S/C39H58F2N10O10/c1-26-20-27(52)22-50(26)38(56)34(39(2,3)4)45-31(53)24-60-18-16-58-14-12-57-13-15-59-17-19-61-25-32(54)49-10-8-48(9-11-49)30-6-7-51-36(44-30)28(21-42-51)37(55)43-29-23-47(5)46-33(29)35(40)41/h6-7,21,23,26-27,34-35,52H,8-20,22,24-25H2,1-5H3,(H,43,55)(H,45,53)/t26-,27-,34-/m1/s1. The van der Waals surface area contributed by atoms with Crippen LogP contribution < -0.4 is 15.5 Å². The molecule has 0 spiro atoms. The molecule has 0 aromatic carbocycles. The van der Waals surface area contributed by atoms with Crippen molar-refractivity contribution in [2.24, 2.45) is 12.5 Å². The topological polar surface area (TPSA) is 216 Å². The highest BCUT2D eigenvalue weighted by Gasteiger charge is 2.40. The Balaban J connectivity index is 0.866. The third-order valence-corrected chi connectivity index (χ3v) is 10.1. The number of carbonyl (C=O) groups is 4. The summed E-state index contributed by atoms with van der Waals surface area (Å²) < 4.78 is 56.8.